The quantitative estimate of drug-likeness (QED) is 0.249. The number of imidazole rings is 1. The Hall–Kier alpha value is -4.78. The number of benzene rings is 2. The fourth-order valence-electron chi connectivity index (χ4n) is 4.09. The minimum atomic E-state index is -1.21. The predicted molar refractivity (Wildman–Crippen MR) is 157 cm³/mol. The minimum Gasteiger partial charge on any atom is -0.464 e. The van der Waals surface area contributed by atoms with Gasteiger partial charge in [0.15, 0.2) is 10.8 Å². The number of ether oxygens (including phenoxy) is 2. The first-order chi connectivity index (χ1) is 19.9. The van der Waals surface area contributed by atoms with Crippen molar-refractivity contribution in [1.29, 1.82) is 0 Å². The van der Waals surface area contributed by atoms with Gasteiger partial charge in [-0.3, -0.25) is 9.59 Å². The van der Waals surface area contributed by atoms with Crippen LogP contribution < -0.4 is 16.0 Å². The summed E-state index contributed by atoms with van der Waals surface area (Å²) in [5, 5.41) is 9.71. The van der Waals surface area contributed by atoms with Gasteiger partial charge in [0.2, 0.25) is 11.8 Å². The Kier molecular flexibility index (Phi) is 9.21. The van der Waals surface area contributed by atoms with Crippen LogP contribution in [0.4, 0.5) is 9.93 Å². The molecule has 2 unspecified atom stereocenters. The van der Waals surface area contributed by atoms with Crippen LogP contribution in [0.3, 0.4) is 0 Å². The number of rotatable bonds is 9. The van der Waals surface area contributed by atoms with Crippen molar-refractivity contribution in [1.82, 2.24) is 25.2 Å². The second-order valence-corrected chi connectivity index (χ2v) is 11.3. The van der Waals surface area contributed by atoms with Gasteiger partial charge in [0.1, 0.15) is 17.7 Å². The second-order valence-electron chi connectivity index (χ2n) is 10.5. The maximum atomic E-state index is 13.8. The maximum absolute atomic E-state index is 13.8. The van der Waals surface area contributed by atoms with Crippen LogP contribution in [0.1, 0.15) is 48.4 Å². The van der Waals surface area contributed by atoms with Gasteiger partial charge in [0.05, 0.1) is 24.5 Å². The van der Waals surface area contributed by atoms with E-state index in [1.165, 1.54) is 12.5 Å². The number of fused-ring (bicyclic) bond motifs is 1. The van der Waals surface area contributed by atoms with Crippen molar-refractivity contribution in [3.8, 4) is 0 Å². The summed E-state index contributed by atoms with van der Waals surface area (Å²) >= 11 is 1.05. The first kappa shape index (κ1) is 30.2. The molecule has 0 saturated heterocycles. The molecule has 0 radical (unpaired) electrons. The van der Waals surface area contributed by atoms with E-state index in [-0.39, 0.29) is 17.2 Å². The van der Waals surface area contributed by atoms with Gasteiger partial charge in [-0.15, -0.1) is 11.3 Å². The highest BCUT2D eigenvalue weighted by molar-refractivity contribution is 7.14. The molecule has 3 N–H and O–H groups in total. The number of carbonyl (C=O) groups is 4. The van der Waals surface area contributed by atoms with Crippen molar-refractivity contribution in [3.63, 3.8) is 0 Å². The lowest BCUT2D eigenvalue weighted by Crippen LogP contribution is -2.50. The minimum absolute atomic E-state index is 0.0491. The molecule has 0 spiro atoms. The molecule has 2 heterocycles. The van der Waals surface area contributed by atoms with Gasteiger partial charge in [-0.1, -0.05) is 36.4 Å². The fourth-order valence-corrected chi connectivity index (χ4v) is 4.78. The van der Waals surface area contributed by atoms with E-state index in [1.807, 2.05) is 41.9 Å². The van der Waals surface area contributed by atoms with Gasteiger partial charge in [-0.25, -0.2) is 19.6 Å². The highest BCUT2D eigenvalue weighted by Gasteiger charge is 2.30. The number of aromatic nitrogens is 3. The summed E-state index contributed by atoms with van der Waals surface area (Å²) in [4.78, 5) is 60.3. The summed E-state index contributed by atoms with van der Waals surface area (Å²) in [6.07, 6.45) is 0.993. The van der Waals surface area contributed by atoms with Gasteiger partial charge in [-0.2, -0.15) is 0 Å². The third-order valence-electron chi connectivity index (χ3n) is 6.05. The van der Waals surface area contributed by atoms with Crippen molar-refractivity contribution in [2.75, 3.05) is 12.4 Å². The molecule has 13 heteroatoms. The molecular weight excluding hydrogens is 560 g/mol. The van der Waals surface area contributed by atoms with E-state index in [1.54, 1.807) is 45.3 Å². The molecule has 0 saturated carbocycles. The summed E-state index contributed by atoms with van der Waals surface area (Å²) in [6.45, 7) is 5.14. The first-order valence-electron chi connectivity index (χ1n) is 13.0. The van der Waals surface area contributed by atoms with Crippen LogP contribution in [0, 0.1) is 0 Å². The van der Waals surface area contributed by atoms with E-state index in [0.717, 1.165) is 22.4 Å². The average Bonchev–Trinajstić information content (AvgIpc) is 3.56. The Labute approximate surface area is 246 Å². The number of amides is 3. The van der Waals surface area contributed by atoms with Gasteiger partial charge in [0.25, 0.3) is 0 Å². The first-order valence-corrected chi connectivity index (χ1v) is 13.9. The molecule has 0 bridgehead atoms. The average molecular weight is 593 g/mol. The molecule has 2 aromatic heterocycles. The lowest BCUT2D eigenvalue weighted by Gasteiger charge is -2.25. The number of methoxy groups -OCH3 is 1. The number of thiazole rings is 1. The Morgan fingerprint density at radius 1 is 1.02 bits per heavy atom. The van der Waals surface area contributed by atoms with Crippen molar-refractivity contribution in [2.24, 2.45) is 7.05 Å². The van der Waals surface area contributed by atoms with Gasteiger partial charge in [-0.05, 0) is 44.0 Å². The number of nitrogens with one attached hydrogen (secondary N) is 3. The normalized spacial score (nSPS) is 12.7. The lowest BCUT2D eigenvalue weighted by molar-refractivity contribution is -0.128. The Morgan fingerprint density at radius 3 is 2.45 bits per heavy atom. The monoisotopic (exact) mass is 592 g/mol. The van der Waals surface area contributed by atoms with Gasteiger partial charge in [0, 0.05) is 18.8 Å². The van der Waals surface area contributed by atoms with E-state index in [9.17, 15) is 19.2 Å². The number of hydrogen-bond donors (Lipinski definition) is 3. The van der Waals surface area contributed by atoms with Crippen LogP contribution in [-0.2, 0) is 32.5 Å². The number of alkyl carbamates (subject to hydrolysis) is 1. The van der Waals surface area contributed by atoms with E-state index in [0.29, 0.717) is 11.1 Å². The zero-order valence-corrected chi connectivity index (χ0v) is 24.7. The van der Waals surface area contributed by atoms with E-state index >= 15 is 0 Å². The number of esters is 1. The smallest absolute Gasteiger partial charge is 0.408 e. The SMILES string of the molecule is COC(=O)c1csc(NC(=O)C(Cc2ccccc2)NC(=O)C(NC(=O)OC(C)(C)C)c2ccc3c(c2)ncn3C)n1. The number of anilines is 1. The van der Waals surface area contributed by atoms with Crippen molar-refractivity contribution < 1.29 is 28.7 Å². The summed E-state index contributed by atoms with van der Waals surface area (Å²) in [7, 11) is 3.08. The largest absolute Gasteiger partial charge is 0.464 e. The predicted octanol–water partition coefficient (Wildman–Crippen LogP) is 3.75. The number of aryl methyl sites for hydroxylation is 1. The molecule has 0 fully saturated rings. The molecule has 3 amide bonds. The van der Waals surface area contributed by atoms with Gasteiger partial charge >= 0.3 is 12.1 Å². The highest BCUT2D eigenvalue weighted by atomic mass is 32.1. The Morgan fingerprint density at radius 2 is 1.76 bits per heavy atom. The molecule has 2 atom stereocenters. The lowest BCUT2D eigenvalue weighted by atomic mass is 10.0. The van der Waals surface area contributed by atoms with Crippen molar-refractivity contribution in [3.05, 3.63) is 77.1 Å². The summed E-state index contributed by atoms with van der Waals surface area (Å²) in [5.74, 6) is -1.84. The number of nitrogens with zero attached hydrogens (tertiary/aromatic N) is 3. The summed E-state index contributed by atoms with van der Waals surface area (Å²) in [6, 6.07) is 12.1. The molecule has 0 aliphatic carbocycles. The van der Waals surface area contributed by atoms with E-state index in [2.05, 4.69) is 30.7 Å². The van der Waals surface area contributed by atoms with Crippen LogP contribution in [0.5, 0.6) is 0 Å². The Balaban J connectivity index is 1.62. The molecule has 0 aliphatic rings. The third kappa shape index (κ3) is 7.69. The van der Waals surface area contributed by atoms with Crippen LogP contribution in [0.15, 0.2) is 60.2 Å². The van der Waals surface area contributed by atoms with E-state index in [4.69, 9.17) is 4.74 Å². The van der Waals surface area contributed by atoms with Crippen LogP contribution in [0.2, 0.25) is 0 Å². The molecule has 42 heavy (non-hydrogen) atoms. The zero-order chi connectivity index (χ0) is 30.4. The number of carbonyl (C=O) groups excluding carboxylic acids is 4. The fraction of sp³-hybridized carbons (Fsp3) is 0.310. The highest BCUT2D eigenvalue weighted by Crippen LogP contribution is 2.22. The third-order valence-corrected chi connectivity index (χ3v) is 6.81. The molecular formula is C29H32N6O6S. The zero-order valence-electron chi connectivity index (χ0n) is 23.8. The standard InChI is InChI=1S/C29H32N6O6S/c1-29(2,3)41-28(39)33-23(18-11-12-22-19(14-18)30-16-35(22)4)25(37)31-20(13-17-9-7-6-8-10-17)24(36)34-27-32-21(15-42-27)26(38)40-5/h6-12,14-16,20,23H,13H2,1-5H3,(H,31,37)(H,33,39)(H,32,34,36). The molecule has 2 aromatic carbocycles. The van der Waals surface area contributed by atoms with Gasteiger partial charge < -0.3 is 30.0 Å². The molecule has 220 valence electrons. The maximum Gasteiger partial charge on any atom is 0.408 e. The molecule has 4 rings (SSSR count). The van der Waals surface area contributed by atoms with Crippen molar-refractivity contribution in [2.45, 2.75) is 44.9 Å². The van der Waals surface area contributed by atoms with Crippen LogP contribution >= 0.6 is 11.3 Å². The van der Waals surface area contributed by atoms with E-state index < -0.39 is 41.6 Å². The number of hydrogen-bond acceptors (Lipinski definition) is 9. The molecule has 0 aliphatic heterocycles. The van der Waals surface area contributed by atoms with Crippen molar-refractivity contribution >= 4 is 51.4 Å². The molecule has 12 nitrogen and oxygen atoms in total. The molecule has 4 aromatic rings. The second kappa shape index (κ2) is 12.8. The summed E-state index contributed by atoms with van der Waals surface area (Å²) in [5.41, 5.74) is 1.95. The summed E-state index contributed by atoms with van der Waals surface area (Å²) < 4.78 is 11.9. The Bertz CT molecular complexity index is 1590. The van der Waals surface area contributed by atoms with Crippen LogP contribution in [-0.4, -0.2) is 57.2 Å². The topological polar surface area (TPSA) is 154 Å². The van der Waals surface area contributed by atoms with Crippen LogP contribution in [0.25, 0.3) is 11.0 Å².